The Hall–Kier alpha value is -0.860. The Labute approximate surface area is 105 Å². The molecule has 1 aromatic carbocycles. The normalized spacial score (nSPS) is 26.0. The standard InChI is InChI=1S/C15H24N2/c1-3-16-12-14-10-7-11-17(2)15(14)13-8-5-4-6-9-13/h4-6,8-9,14-16H,3,7,10-12H2,1-2H3. The number of nitrogens with zero attached hydrogens (tertiary/aromatic N) is 1. The van der Waals surface area contributed by atoms with Gasteiger partial charge in [-0.15, -0.1) is 0 Å². The Morgan fingerprint density at radius 3 is 2.76 bits per heavy atom. The maximum Gasteiger partial charge on any atom is 0.0385 e. The summed E-state index contributed by atoms with van der Waals surface area (Å²) in [5, 5.41) is 3.51. The highest BCUT2D eigenvalue weighted by Gasteiger charge is 2.29. The van der Waals surface area contributed by atoms with Crippen molar-refractivity contribution in [2.24, 2.45) is 5.92 Å². The summed E-state index contributed by atoms with van der Waals surface area (Å²) < 4.78 is 0. The van der Waals surface area contributed by atoms with Crippen LogP contribution in [0.4, 0.5) is 0 Å². The fraction of sp³-hybridized carbons (Fsp3) is 0.600. The number of nitrogens with one attached hydrogen (secondary N) is 1. The predicted octanol–water partition coefficient (Wildman–Crippen LogP) is 2.68. The summed E-state index contributed by atoms with van der Waals surface area (Å²) >= 11 is 0. The molecule has 2 atom stereocenters. The number of hydrogen-bond acceptors (Lipinski definition) is 2. The largest absolute Gasteiger partial charge is 0.317 e. The minimum atomic E-state index is 0.587. The summed E-state index contributed by atoms with van der Waals surface area (Å²) in [5.74, 6) is 0.746. The molecule has 0 aromatic heterocycles. The van der Waals surface area contributed by atoms with Crippen LogP contribution in [0, 0.1) is 5.92 Å². The molecule has 1 aromatic rings. The van der Waals surface area contributed by atoms with E-state index in [0.717, 1.165) is 19.0 Å². The molecule has 0 aliphatic carbocycles. The molecular formula is C15H24N2. The van der Waals surface area contributed by atoms with Crippen LogP contribution in [0.3, 0.4) is 0 Å². The Balaban J connectivity index is 2.13. The van der Waals surface area contributed by atoms with Gasteiger partial charge in [0.15, 0.2) is 0 Å². The molecule has 0 radical (unpaired) electrons. The zero-order chi connectivity index (χ0) is 12.1. The van der Waals surface area contributed by atoms with Crippen LogP contribution in [0.5, 0.6) is 0 Å². The molecule has 1 fully saturated rings. The Morgan fingerprint density at radius 2 is 2.06 bits per heavy atom. The molecule has 2 unspecified atom stereocenters. The summed E-state index contributed by atoms with van der Waals surface area (Å²) in [6.45, 7) is 5.62. The van der Waals surface area contributed by atoms with Crippen molar-refractivity contribution in [2.75, 3.05) is 26.7 Å². The first-order chi connectivity index (χ1) is 8.33. The lowest BCUT2D eigenvalue weighted by Crippen LogP contribution is -2.40. The predicted molar refractivity (Wildman–Crippen MR) is 73.1 cm³/mol. The smallest absolute Gasteiger partial charge is 0.0385 e. The van der Waals surface area contributed by atoms with Gasteiger partial charge in [0, 0.05) is 6.04 Å². The summed E-state index contributed by atoms with van der Waals surface area (Å²) in [6, 6.07) is 11.5. The lowest BCUT2D eigenvalue weighted by Gasteiger charge is -2.39. The Bertz CT molecular complexity index is 323. The molecular weight excluding hydrogens is 208 g/mol. The molecule has 94 valence electrons. The molecule has 0 spiro atoms. The van der Waals surface area contributed by atoms with Crippen LogP contribution in [-0.2, 0) is 0 Å². The van der Waals surface area contributed by atoms with Crippen molar-refractivity contribution >= 4 is 0 Å². The molecule has 1 saturated heterocycles. The fourth-order valence-corrected chi connectivity index (χ4v) is 2.98. The van der Waals surface area contributed by atoms with Crippen molar-refractivity contribution in [3.8, 4) is 0 Å². The van der Waals surface area contributed by atoms with Crippen LogP contribution in [-0.4, -0.2) is 31.6 Å². The minimum absolute atomic E-state index is 0.587. The highest BCUT2D eigenvalue weighted by Crippen LogP contribution is 2.34. The lowest BCUT2D eigenvalue weighted by molar-refractivity contribution is 0.120. The Morgan fingerprint density at radius 1 is 1.29 bits per heavy atom. The topological polar surface area (TPSA) is 15.3 Å². The molecule has 2 heteroatoms. The summed E-state index contributed by atoms with van der Waals surface area (Å²) in [4.78, 5) is 2.51. The molecule has 1 N–H and O–H groups in total. The van der Waals surface area contributed by atoms with Crippen LogP contribution in [0.25, 0.3) is 0 Å². The first-order valence-electron chi connectivity index (χ1n) is 6.79. The van der Waals surface area contributed by atoms with Crippen LogP contribution in [0.1, 0.15) is 31.4 Å². The quantitative estimate of drug-likeness (QED) is 0.858. The van der Waals surface area contributed by atoms with E-state index in [2.05, 4.69) is 54.5 Å². The average Bonchev–Trinajstić information content (AvgIpc) is 2.37. The monoisotopic (exact) mass is 232 g/mol. The second-order valence-electron chi connectivity index (χ2n) is 5.05. The average molecular weight is 232 g/mol. The molecule has 17 heavy (non-hydrogen) atoms. The first kappa shape index (κ1) is 12.6. The van der Waals surface area contributed by atoms with Crippen LogP contribution in [0.15, 0.2) is 30.3 Å². The first-order valence-corrected chi connectivity index (χ1v) is 6.79. The van der Waals surface area contributed by atoms with Gasteiger partial charge >= 0.3 is 0 Å². The SMILES string of the molecule is CCNCC1CCCN(C)C1c1ccccc1. The van der Waals surface area contributed by atoms with E-state index >= 15 is 0 Å². The van der Waals surface area contributed by atoms with E-state index in [1.807, 2.05) is 0 Å². The highest BCUT2D eigenvalue weighted by atomic mass is 15.1. The van der Waals surface area contributed by atoms with Crippen LogP contribution >= 0.6 is 0 Å². The van der Waals surface area contributed by atoms with Gasteiger partial charge in [0.2, 0.25) is 0 Å². The number of hydrogen-bond donors (Lipinski definition) is 1. The third-order valence-electron chi connectivity index (χ3n) is 3.80. The zero-order valence-corrected chi connectivity index (χ0v) is 11.0. The van der Waals surface area contributed by atoms with E-state index in [0.29, 0.717) is 6.04 Å². The number of piperidine rings is 1. The van der Waals surface area contributed by atoms with Gasteiger partial charge in [-0.3, -0.25) is 4.90 Å². The van der Waals surface area contributed by atoms with Gasteiger partial charge in [-0.05, 0) is 51.0 Å². The van der Waals surface area contributed by atoms with Crippen molar-refractivity contribution in [2.45, 2.75) is 25.8 Å². The van der Waals surface area contributed by atoms with Crippen molar-refractivity contribution in [1.82, 2.24) is 10.2 Å². The fourth-order valence-electron chi connectivity index (χ4n) is 2.98. The third-order valence-corrected chi connectivity index (χ3v) is 3.80. The summed E-state index contributed by atoms with van der Waals surface area (Å²) in [7, 11) is 2.26. The highest BCUT2D eigenvalue weighted by molar-refractivity contribution is 5.20. The minimum Gasteiger partial charge on any atom is -0.317 e. The van der Waals surface area contributed by atoms with Crippen LogP contribution in [0.2, 0.25) is 0 Å². The van der Waals surface area contributed by atoms with E-state index < -0.39 is 0 Å². The molecule has 0 bridgehead atoms. The van der Waals surface area contributed by atoms with E-state index in [9.17, 15) is 0 Å². The van der Waals surface area contributed by atoms with E-state index in [-0.39, 0.29) is 0 Å². The summed E-state index contributed by atoms with van der Waals surface area (Å²) in [6.07, 6.45) is 2.67. The van der Waals surface area contributed by atoms with Crippen molar-refractivity contribution in [1.29, 1.82) is 0 Å². The summed E-state index contributed by atoms with van der Waals surface area (Å²) in [5.41, 5.74) is 1.47. The zero-order valence-electron chi connectivity index (χ0n) is 11.0. The molecule has 2 nitrogen and oxygen atoms in total. The van der Waals surface area contributed by atoms with E-state index in [1.165, 1.54) is 24.9 Å². The maximum atomic E-state index is 3.51. The molecule has 1 aliphatic heterocycles. The van der Waals surface area contributed by atoms with Crippen molar-refractivity contribution < 1.29 is 0 Å². The molecule has 0 amide bonds. The third kappa shape index (κ3) is 3.08. The molecule has 2 rings (SSSR count). The van der Waals surface area contributed by atoms with Crippen molar-refractivity contribution in [3.05, 3.63) is 35.9 Å². The Kier molecular flexibility index (Phi) is 4.57. The van der Waals surface area contributed by atoms with Gasteiger partial charge in [0.25, 0.3) is 0 Å². The molecule has 0 saturated carbocycles. The maximum absolute atomic E-state index is 3.51. The molecule has 1 aliphatic rings. The molecule has 1 heterocycles. The van der Waals surface area contributed by atoms with Crippen molar-refractivity contribution in [3.63, 3.8) is 0 Å². The number of rotatable bonds is 4. The number of likely N-dealkylation sites (tertiary alicyclic amines) is 1. The van der Waals surface area contributed by atoms with Crippen LogP contribution < -0.4 is 5.32 Å². The lowest BCUT2D eigenvalue weighted by atomic mass is 9.85. The van der Waals surface area contributed by atoms with E-state index in [1.54, 1.807) is 0 Å². The number of benzene rings is 1. The van der Waals surface area contributed by atoms with Gasteiger partial charge in [0.1, 0.15) is 0 Å². The van der Waals surface area contributed by atoms with Gasteiger partial charge in [-0.25, -0.2) is 0 Å². The van der Waals surface area contributed by atoms with E-state index in [4.69, 9.17) is 0 Å². The second kappa shape index (κ2) is 6.18. The van der Waals surface area contributed by atoms with Gasteiger partial charge < -0.3 is 5.32 Å². The van der Waals surface area contributed by atoms with Gasteiger partial charge in [-0.2, -0.15) is 0 Å². The van der Waals surface area contributed by atoms with Gasteiger partial charge in [0.05, 0.1) is 0 Å². The second-order valence-corrected chi connectivity index (χ2v) is 5.05. The van der Waals surface area contributed by atoms with Gasteiger partial charge in [-0.1, -0.05) is 37.3 Å².